The molecule has 0 spiro atoms. The van der Waals surface area contributed by atoms with E-state index in [1.54, 1.807) is 19.3 Å². The van der Waals surface area contributed by atoms with E-state index in [-0.39, 0.29) is 12.1 Å². The van der Waals surface area contributed by atoms with E-state index in [1.165, 1.54) is 4.31 Å². The summed E-state index contributed by atoms with van der Waals surface area (Å²) in [5.41, 5.74) is 0.842. The molecule has 1 fully saturated rings. The number of rotatable bonds is 5. The third-order valence-electron chi connectivity index (χ3n) is 3.70. The van der Waals surface area contributed by atoms with Crippen molar-refractivity contribution in [2.24, 2.45) is 0 Å². The lowest BCUT2D eigenvalue weighted by Gasteiger charge is -2.22. The van der Waals surface area contributed by atoms with Crippen molar-refractivity contribution < 1.29 is 8.42 Å². The Morgan fingerprint density at radius 3 is 2.70 bits per heavy atom. The summed E-state index contributed by atoms with van der Waals surface area (Å²) in [6.45, 7) is 4.04. The van der Waals surface area contributed by atoms with Gasteiger partial charge in [-0.2, -0.15) is 16.1 Å². The molecular formula is C13H21ClN2O2S2. The molecule has 1 aliphatic rings. The van der Waals surface area contributed by atoms with Crippen LogP contribution in [-0.4, -0.2) is 41.9 Å². The van der Waals surface area contributed by atoms with Gasteiger partial charge in [-0.3, -0.25) is 0 Å². The summed E-state index contributed by atoms with van der Waals surface area (Å²) in [6, 6.07) is 1.99. The second kappa shape index (κ2) is 6.30. The molecule has 0 N–H and O–H groups in total. The maximum Gasteiger partial charge on any atom is 0.244 e. The van der Waals surface area contributed by atoms with Gasteiger partial charge in [-0.25, -0.2) is 8.42 Å². The van der Waals surface area contributed by atoms with Gasteiger partial charge in [0.1, 0.15) is 4.90 Å². The summed E-state index contributed by atoms with van der Waals surface area (Å²) < 4.78 is 28.8. The first kappa shape index (κ1) is 16.2. The van der Waals surface area contributed by atoms with E-state index in [0.29, 0.717) is 10.8 Å². The fraction of sp³-hybridized carbons (Fsp3) is 0.692. The van der Waals surface area contributed by atoms with E-state index in [1.807, 2.05) is 30.2 Å². The predicted octanol–water partition coefficient (Wildman–Crippen LogP) is 2.93. The fourth-order valence-corrected chi connectivity index (χ4v) is 5.41. The molecule has 1 atom stereocenters. The van der Waals surface area contributed by atoms with Gasteiger partial charge in [0.05, 0.1) is 5.88 Å². The highest BCUT2D eigenvalue weighted by molar-refractivity contribution is 7.99. The number of nitrogens with zero attached hydrogens (tertiary/aromatic N) is 2. The van der Waals surface area contributed by atoms with E-state index in [0.717, 1.165) is 23.6 Å². The van der Waals surface area contributed by atoms with E-state index < -0.39 is 10.0 Å². The molecule has 1 saturated heterocycles. The van der Waals surface area contributed by atoms with Crippen molar-refractivity contribution in [1.29, 1.82) is 0 Å². The summed E-state index contributed by atoms with van der Waals surface area (Å²) >= 11 is 7.72. The Morgan fingerprint density at radius 2 is 2.25 bits per heavy atom. The van der Waals surface area contributed by atoms with Crippen LogP contribution < -0.4 is 0 Å². The normalized spacial score (nSPS) is 20.2. The number of halogens is 1. The summed E-state index contributed by atoms with van der Waals surface area (Å²) in [5, 5.41) is 0. The monoisotopic (exact) mass is 336 g/mol. The Morgan fingerprint density at radius 1 is 1.55 bits per heavy atom. The Kier molecular flexibility index (Phi) is 5.10. The van der Waals surface area contributed by atoms with Crippen molar-refractivity contribution in [3.63, 3.8) is 0 Å². The van der Waals surface area contributed by atoms with Crippen LogP contribution >= 0.6 is 23.4 Å². The molecule has 4 nitrogen and oxygen atoms in total. The third kappa shape index (κ3) is 3.03. The van der Waals surface area contributed by atoms with Crippen LogP contribution in [-0.2, 0) is 15.9 Å². The first-order chi connectivity index (χ1) is 9.37. The van der Waals surface area contributed by atoms with E-state index in [2.05, 4.69) is 0 Å². The maximum absolute atomic E-state index is 12.7. The molecule has 114 valence electrons. The van der Waals surface area contributed by atoms with Crippen LogP contribution in [0.15, 0.2) is 17.2 Å². The molecule has 0 bridgehead atoms. The highest BCUT2D eigenvalue weighted by atomic mass is 35.5. The first-order valence-corrected chi connectivity index (χ1v) is 9.83. The molecule has 7 heteroatoms. The van der Waals surface area contributed by atoms with Gasteiger partial charge in [0.25, 0.3) is 0 Å². The first-order valence-electron chi connectivity index (χ1n) is 6.70. The van der Waals surface area contributed by atoms with Crippen LogP contribution in [0, 0.1) is 0 Å². The number of hydrogen-bond acceptors (Lipinski definition) is 3. The summed E-state index contributed by atoms with van der Waals surface area (Å²) in [4.78, 5) is 0.348. The van der Waals surface area contributed by atoms with Gasteiger partial charge >= 0.3 is 0 Å². The highest BCUT2D eigenvalue weighted by Crippen LogP contribution is 2.28. The fourth-order valence-electron chi connectivity index (χ4n) is 2.40. The quantitative estimate of drug-likeness (QED) is 0.776. The van der Waals surface area contributed by atoms with Gasteiger partial charge in [-0.05, 0) is 32.1 Å². The zero-order valence-corrected chi connectivity index (χ0v) is 14.4. The van der Waals surface area contributed by atoms with Gasteiger partial charge in [-0.1, -0.05) is 0 Å². The molecule has 0 radical (unpaired) electrons. The van der Waals surface area contributed by atoms with Crippen LogP contribution in [0.3, 0.4) is 0 Å². The second-order valence-corrected chi connectivity index (χ2v) is 8.76. The minimum Gasteiger partial charge on any atom is -0.346 e. The minimum absolute atomic E-state index is 0.104. The molecule has 1 aromatic rings. The molecule has 2 rings (SSSR count). The summed E-state index contributed by atoms with van der Waals surface area (Å²) in [7, 11) is -1.75. The van der Waals surface area contributed by atoms with Gasteiger partial charge in [0.2, 0.25) is 10.0 Å². The van der Waals surface area contributed by atoms with Crippen LogP contribution in [0.25, 0.3) is 0 Å². The van der Waals surface area contributed by atoms with E-state index in [9.17, 15) is 8.42 Å². The Balaban J connectivity index is 2.33. The van der Waals surface area contributed by atoms with Gasteiger partial charge in [-0.15, -0.1) is 11.6 Å². The second-order valence-electron chi connectivity index (χ2n) is 5.34. The smallest absolute Gasteiger partial charge is 0.244 e. The molecule has 20 heavy (non-hydrogen) atoms. The number of alkyl halides is 1. The van der Waals surface area contributed by atoms with Crippen molar-refractivity contribution in [2.75, 3.05) is 18.6 Å². The lowest BCUT2D eigenvalue weighted by molar-refractivity contribution is 0.394. The van der Waals surface area contributed by atoms with Gasteiger partial charge in [0.15, 0.2) is 0 Å². The molecular weight excluding hydrogens is 316 g/mol. The van der Waals surface area contributed by atoms with E-state index in [4.69, 9.17) is 11.6 Å². The third-order valence-corrected chi connectivity index (χ3v) is 6.99. The number of sulfonamides is 1. The molecule has 0 aromatic carbocycles. The molecule has 1 aliphatic heterocycles. The van der Waals surface area contributed by atoms with Gasteiger partial charge in [0, 0.05) is 36.8 Å². The Hall–Kier alpha value is -0.170. The molecule has 1 aromatic heterocycles. The summed E-state index contributed by atoms with van der Waals surface area (Å²) in [5.74, 6) is 2.23. The predicted molar refractivity (Wildman–Crippen MR) is 85.1 cm³/mol. The summed E-state index contributed by atoms with van der Waals surface area (Å²) in [6.07, 6.45) is 2.63. The Bertz CT molecular complexity index is 563. The van der Waals surface area contributed by atoms with Crippen LogP contribution in [0.1, 0.15) is 32.0 Å². The standard InChI is InChI=1S/C13H21ClN2O2S2/c1-10(2)16-8-13(6-12(16)7-14)20(17,18)15(3)11-4-5-19-9-11/h6,8,10-11H,4-5,7,9H2,1-3H3. The lowest BCUT2D eigenvalue weighted by atomic mass is 10.3. The van der Waals surface area contributed by atoms with Crippen LogP contribution in [0.5, 0.6) is 0 Å². The zero-order valence-electron chi connectivity index (χ0n) is 12.0. The molecule has 1 unspecified atom stereocenters. The SMILES string of the molecule is CC(C)n1cc(S(=O)(=O)N(C)C2CCSC2)cc1CCl. The highest BCUT2D eigenvalue weighted by Gasteiger charge is 2.31. The minimum atomic E-state index is -3.43. The van der Waals surface area contributed by atoms with Crippen molar-refractivity contribution in [3.05, 3.63) is 18.0 Å². The molecule has 0 saturated carbocycles. The number of aromatic nitrogens is 1. The molecule has 2 heterocycles. The molecule has 0 aliphatic carbocycles. The number of thioether (sulfide) groups is 1. The average molecular weight is 337 g/mol. The Labute approximate surface area is 130 Å². The van der Waals surface area contributed by atoms with Crippen molar-refractivity contribution >= 4 is 33.4 Å². The van der Waals surface area contributed by atoms with Gasteiger partial charge < -0.3 is 4.57 Å². The van der Waals surface area contributed by atoms with Crippen molar-refractivity contribution in [1.82, 2.24) is 8.87 Å². The number of hydrogen-bond donors (Lipinski definition) is 0. The topological polar surface area (TPSA) is 42.3 Å². The molecule has 0 amide bonds. The van der Waals surface area contributed by atoms with Crippen LogP contribution in [0.4, 0.5) is 0 Å². The van der Waals surface area contributed by atoms with Crippen molar-refractivity contribution in [2.45, 2.75) is 43.1 Å². The van der Waals surface area contributed by atoms with Crippen molar-refractivity contribution in [3.8, 4) is 0 Å². The van der Waals surface area contributed by atoms with Crippen LogP contribution in [0.2, 0.25) is 0 Å². The zero-order chi connectivity index (χ0) is 14.9. The lowest BCUT2D eigenvalue weighted by Crippen LogP contribution is -2.36. The largest absolute Gasteiger partial charge is 0.346 e. The maximum atomic E-state index is 12.7. The van der Waals surface area contributed by atoms with E-state index >= 15 is 0 Å². The average Bonchev–Trinajstić information content (AvgIpc) is 3.06.